The summed E-state index contributed by atoms with van der Waals surface area (Å²) in [5.74, 6) is 2.06. The van der Waals surface area contributed by atoms with E-state index in [0.29, 0.717) is 10.6 Å². The fourth-order valence-electron chi connectivity index (χ4n) is 4.59. The Bertz CT molecular complexity index is 810. The molecule has 6 nitrogen and oxygen atoms in total. The highest BCUT2D eigenvalue weighted by Gasteiger charge is 2.35. The molecule has 2 amide bonds. The van der Waals surface area contributed by atoms with Crippen LogP contribution in [0.4, 0.5) is 5.00 Å². The van der Waals surface area contributed by atoms with Crippen LogP contribution in [0.5, 0.6) is 0 Å². The highest BCUT2D eigenvalue weighted by Crippen LogP contribution is 2.37. The average molecular weight is 433 g/mol. The zero-order valence-corrected chi connectivity index (χ0v) is 18.4. The molecule has 3 aliphatic rings. The molecule has 8 heteroatoms. The highest BCUT2D eigenvalue weighted by molar-refractivity contribution is 7.99. The van der Waals surface area contributed by atoms with E-state index in [9.17, 15) is 14.9 Å². The Balaban J connectivity index is 1.40. The number of hydrogen-bond acceptors (Lipinski definition) is 6. The van der Waals surface area contributed by atoms with Crippen LogP contribution in [0.2, 0.25) is 0 Å². The number of nitriles is 1. The van der Waals surface area contributed by atoms with Gasteiger partial charge in [-0.2, -0.15) is 17.0 Å². The molecule has 29 heavy (non-hydrogen) atoms. The number of aryl methyl sites for hydroxylation is 1. The molecule has 0 radical (unpaired) electrons. The van der Waals surface area contributed by atoms with Crippen molar-refractivity contribution in [1.82, 2.24) is 9.80 Å². The first-order valence-electron chi connectivity index (χ1n) is 10.6. The first kappa shape index (κ1) is 20.7. The fourth-order valence-corrected chi connectivity index (χ4v) is 6.75. The predicted molar refractivity (Wildman–Crippen MR) is 117 cm³/mol. The van der Waals surface area contributed by atoms with Crippen LogP contribution in [0.25, 0.3) is 0 Å². The quantitative estimate of drug-likeness (QED) is 0.741. The molecule has 156 valence electrons. The highest BCUT2D eigenvalue weighted by atomic mass is 32.2. The lowest BCUT2D eigenvalue weighted by atomic mass is 10.1. The lowest BCUT2D eigenvalue weighted by molar-refractivity contribution is -0.136. The molecule has 1 aromatic rings. The fraction of sp³-hybridized carbons (Fsp3) is 0.667. The monoisotopic (exact) mass is 432 g/mol. The Morgan fingerprint density at radius 3 is 2.69 bits per heavy atom. The van der Waals surface area contributed by atoms with E-state index in [2.05, 4.69) is 11.4 Å². The van der Waals surface area contributed by atoms with E-state index in [1.807, 2.05) is 21.6 Å². The standard InChI is InChI=1S/C21H28N4O2S2/c22-13-16-15-5-2-1-3-7-18(15)29-20(16)23-19(26)14-25-8-4-6-17(25)21(27)24-9-11-28-12-10-24/h17H,1-12,14H2,(H,23,26). The molecule has 1 N–H and O–H groups in total. The van der Waals surface area contributed by atoms with Crippen molar-refractivity contribution in [3.8, 4) is 6.07 Å². The SMILES string of the molecule is N#Cc1c(NC(=O)CN2CCCC2C(=O)N2CCSCC2)sc2c1CCCCC2. The van der Waals surface area contributed by atoms with Gasteiger partial charge < -0.3 is 10.2 Å². The molecule has 2 aliphatic heterocycles. The molecule has 3 heterocycles. The predicted octanol–water partition coefficient (Wildman–Crippen LogP) is 2.87. The first-order valence-corrected chi connectivity index (χ1v) is 12.6. The summed E-state index contributed by atoms with van der Waals surface area (Å²) in [5, 5.41) is 13.3. The molecule has 4 rings (SSSR count). The third-order valence-corrected chi connectivity index (χ3v) is 8.25. The van der Waals surface area contributed by atoms with Crippen LogP contribution in [0.1, 0.15) is 48.1 Å². The molecule has 1 aliphatic carbocycles. The summed E-state index contributed by atoms with van der Waals surface area (Å²) in [5.41, 5.74) is 1.79. The summed E-state index contributed by atoms with van der Waals surface area (Å²) < 4.78 is 0. The van der Waals surface area contributed by atoms with E-state index in [1.165, 1.54) is 11.3 Å². The Morgan fingerprint density at radius 2 is 1.90 bits per heavy atom. The third-order valence-electron chi connectivity index (χ3n) is 6.10. The molecule has 0 spiro atoms. The van der Waals surface area contributed by atoms with Gasteiger partial charge >= 0.3 is 0 Å². The second-order valence-corrected chi connectivity index (χ2v) is 10.3. The first-order chi connectivity index (χ1) is 14.2. The number of carbonyl (C=O) groups excluding carboxylic acids is 2. The van der Waals surface area contributed by atoms with Crippen molar-refractivity contribution in [2.75, 3.05) is 43.0 Å². The van der Waals surface area contributed by atoms with Crippen LogP contribution >= 0.6 is 23.1 Å². The number of anilines is 1. The number of carbonyl (C=O) groups is 2. The van der Waals surface area contributed by atoms with Crippen molar-refractivity contribution in [3.63, 3.8) is 0 Å². The molecule has 2 saturated heterocycles. The van der Waals surface area contributed by atoms with Crippen molar-refractivity contribution in [2.45, 2.75) is 51.0 Å². The Kier molecular flexibility index (Phi) is 6.78. The minimum atomic E-state index is -0.181. The number of hydrogen-bond donors (Lipinski definition) is 1. The molecule has 1 atom stereocenters. The molecule has 2 fully saturated rings. The number of rotatable bonds is 4. The number of amides is 2. The molecule has 0 saturated carbocycles. The van der Waals surface area contributed by atoms with E-state index < -0.39 is 0 Å². The normalized spacial score (nSPS) is 22.6. The van der Waals surface area contributed by atoms with Gasteiger partial charge in [-0.15, -0.1) is 11.3 Å². The van der Waals surface area contributed by atoms with Gasteiger partial charge in [0.15, 0.2) is 0 Å². The molecule has 0 aromatic carbocycles. The van der Waals surface area contributed by atoms with Gasteiger partial charge in [-0.3, -0.25) is 14.5 Å². The topological polar surface area (TPSA) is 76.4 Å². The maximum Gasteiger partial charge on any atom is 0.239 e. The summed E-state index contributed by atoms with van der Waals surface area (Å²) in [7, 11) is 0. The second kappa shape index (κ2) is 9.50. The van der Waals surface area contributed by atoms with Crippen LogP contribution in [0, 0.1) is 11.3 Å². The summed E-state index contributed by atoms with van der Waals surface area (Å²) in [6.45, 7) is 2.61. The largest absolute Gasteiger partial charge is 0.340 e. The minimum Gasteiger partial charge on any atom is -0.340 e. The van der Waals surface area contributed by atoms with Gasteiger partial charge in [-0.1, -0.05) is 6.42 Å². The van der Waals surface area contributed by atoms with Crippen LogP contribution in [-0.4, -0.2) is 65.3 Å². The van der Waals surface area contributed by atoms with E-state index in [4.69, 9.17) is 0 Å². The van der Waals surface area contributed by atoms with Gasteiger partial charge in [0.2, 0.25) is 11.8 Å². The number of likely N-dealkylation sites (tertiary alicyclic amines) is 1. The third kappa shape index (κ3) is 4.62. The Morgan fingerprint density at radius 1 is 1.10 bits per heavy atom. The summed E-state index contributed by atoms with van der Waals surface area (Å²) >= 11 is 3.46. The second-order valence-electron chi connectivity index (χ2n) is 7.99. The van der Waals surface area contributed by atoms with Crippen molar-refractivity contribution < 1.29 is 9.59 Å². The van der Waals surface area contributed by atoms with Crippen LogP contribution in [0.15, 0.2) is 0 Å². The molecule has 0 bridgehead atoms. The van der Waals surface area contributed by atoms with Crippen LogP contribution < -0.4 is 5.32 Å². The Labute approximate surface area is 180 Å². The summed E-state index contributed by atoms with van der Waals surface area (Å²) in [4.78, 5) is 30.9. The van der Waals surface area contributed by atoms with E-state index in [1.54, 1.807) is 11.3 Å². The molecule has 1 aromatic heterocycles. The Hall–Kier alpha value is -1.56. The van der Waals surface area contributed by atoms with Gasteiger partial charge in [0.25, 0.3) is 0 Å². The number of thioether (sulfide) groups is 1. The lowest BCUT2D eigenvalue weighted by Gasteiger charge is -2.32. The van der Waals surface area contributed by atoms with E-state index in [0.717, 1.165) is 75.2 Å². The number of nitrogens with one attached hydrogen (secondary N) is 1. The molecular weight excluding hydrogens is 404 g/mol. The maximum absolute atomic E-state index is 12.9. The molecular formula is C21H28N4O2S2. The summed E-state index contributed by atoms with van der Waals surface area (Å²) in [6, 6.07) is 2.14. The van der Waals surface area contributed by atoms with Gasteiger partial charge in [0.05, 0.1) is 18.2 Å². The van der Waals surface area contributed by atoms with Crippen molar-refractivity contribution in [3.05, 3.63) is 16.0 Å². The van der Waals surface area contributed by atoms with Gasteiger partial charge in [0, 0.05) is 29.5 Å². The van der Waals surface area contributed by atoms with E-state index >= 15 is 0 Å². The minimum absolute atomic E-state index is 0.119. The maximum atomic E-state index is 12.9. The van der Waals surface area contributed by atoms with E-state index in [-0.39, 0.29) is 24.4 Å². The van der Waals surface area contributed by atoms with Gasteiger partial charge in [-0.05, 0) is 50.6 Å². The number of nitrogens with zero attached hydrogens (tertiary/aromatic N) is 3. The lowest BCUT2D eigenvalue weighted by Crippen LogP contribution is -2.49. The smallest absolute Gasteiger partial charge is 0.239 e. The zero-order valence-electron chi connectivity index (χ0n) is 16.7. The van der Waals surface area contributed by atoms with Crippen molar-refractivity contribution >= 4 is 39.9 Å². The average Bonchev–Trinajstić information content (AvgIpc) is 3.24. The number of fused-ring (bicyclic) bond motifs is 1. The van der Waals surface area contributed by atoms with Gasteiger partial charge in [0.1, 0.15) is 11.1 Å². The van der Waals surface area contributed by atoms with Gasteiger partial charge in [-0.25, -0.2) is 0 Å². The number of thiophene rings is 1. The van der Waals surface area contributed by atoms with Crippen molar-refractivity contribution in [1.29, 1.82) is 5.26 Å². The summed E-state index contributed by atoms with van der Waals surface area (Å²) in [6.07, 6.45) is 7.17. The molecule has 1 unspecified atom stereocenters. The zero-order chi connectivity index (χ0) is 20.2. The van der Waals surface area contributed by atoms with Crippen LogP contribution in [0.3, 0.4) is 0 Å². The van der Waals surface area contributed by atoms with Crippen LogP contribution in [-0.2, 0) is 22.4 Å². The van der Waals surface area contributed by atoms with Crippen molar-refractivity contribution in [2.24, 2.45) is 0 Å².